The number of alkyl halides is 2. The fraction of sp³-hybridized carbons (Fsp3) is 0.429. The van der Waals surface area contributed by atoms with Crippen LogP contribution in [0.15, 0.2) is 18.2 Å². The van der Waals surface area contributed by atoms with Gasteiger partial charge in [0.2, 0.25) is 0 Å². The molecule has 1 amide bonds. The first-order chi connectivity index (χ1) is 9.31. The molecule has 0 bridgehead atoms. The maximum atomic E-state index is 12.3. The molecule has 4 nitrogen and oxygen atoms in total. The Labute approximate surface area is 128 Å². The molecule has 0 aliphatic rings. The van der Waals surface area contributed by atoms with E-state index in [1.807, 2.05) is 32.0 Å². The van der Waals surface area contributed by atoms with Gasteiger partial charge < -0.3 is 4.74 Å². The van der Waals surface area contributed by atoms with E-state index in [4.69, 9.17) is 27.9 Å². The van der Waals surface area contributed by atoms with Crippen molar-refractivity contribution in [1.82, 2.24) is 0 Å². The molecular formula is C14H17Cl2NO3. The topological polar surface area (TPSA) is 46.6 Å². The maximum absolute atomic E-state index is 12.3. The third-order valence-electron chi connectivity index (χ3n) is 3.03. The van der Waals surface area contributed by atoms with E-state index in [1.165, 1.54) is 12.0 Å². The van der Waals surface area contributed by atoms with Crippen molar-refractivity contribution in [3.8, 4) is 0 Å². The molecule has 1 aromatic rings. The normalized spacial score (nSPS) is 12.2. The monoisotopic (exact) mass is 317 g/mol. The molecule has 0 radical (unpaired) electrons. The van der Waals surface area contributed by atoms with E-state index in [1.54, 1.807) is 6.92 Å². The Kier molecular flexibility index (Phi) is 5.84. The van der Waals surface area contributed by atoms with Crippen LogP contribution in [-0.2, 0) is 14.3 Å². The quantitative estimate of drug-likeness (QED) is 0.633. The van der Waals surface area contributed by atoms with E-state index in [-0.39, 0.29) is 0 Å². The minimum Gasteiger partial charge on any atom is -0.467 e. The lowest BCUT2D eigenvalue weighted by molar-refractivity contribution is -0.143. The van der Waals surface area contributed by atoms with E-state index in [0.717, 1.165) is 11.1 Å². The second-order valence-corrected chi connectivity index (χ2v) is 5.54. The number of amides is 1. The molecule has 1 aromatic carbocycles. The van der Waals surface area contributed by atoms with Crippen LogP contribution in [0, 0.1) is 13.8 Å². The van der Waals surface area contributed by atoms with Crippen LogP contribution in [-0.4, -0.2) is 29.9 Å². The van der Waals surface area contributed by atoms with Crippen LogP contribution >= 0.6 is 23.2 Å². The zero-order valence-electron chi connectivity index (χ0n) is 11.8. The average molecular weight is 318 g/mol. The number of hydrogen-bond donors (Lipinski definition) is 0. The van der Waals surface area contributed by atoms with Crippen LogP contribution in [0.4, 0.5) is 5.69 Å². The van der Waals surface area contributed by atoms with E-state index >= 15 is 0 Å². The van der Waals surface area contributed by atoms with Crippen LogP contribution in [0.25, 0.3) is 0 Å². The van der Waals surface area contributed by atoms with Gasteiger partial charge in [0.25, 0.3) is 5.91 Å². The molecule has 1 atom stereocenters. The Bertz CT molecular complexity index is 497. The SMILES string of the molecule is COC(=O)C(C)N(C(=O)C(Cl)Cl)c1c(C)cccc1C. The van der Waals surface area contributed by atoms with Gasteiger partial charge >= 0.3 is 5.97 Å². The Hall–Kier alpha value is -1.26. The molecule has 0 aliphatic heterocycles. The smallest absolute Gasteiger partial charge is 0.328 e. The van der Waals surface area contributed by atoms with Gasteiger partial charge in [-0.2, -0.15) is 0 Å². The van der Waals surface area contributed by atoms with Crippen LogP contribution in [0.2, 0.25) is 0 Å². The summed E-state index contributed by atoms with van der Waals surface area (Å²) < 4.78 is 4.71. The molecule has 6 heteroatoms. The minimum absolute atomic E-state index is 0.532. The lowest BCUT2D eigenvalue weighted by Gasteiger charge is -2.30. The molecule has 1 rings (SSSR count). The van der Waals surface area contributed by atoms with Crippen LogP contribution < -0.4 is 4.90 Å². The lowest BCUT2D eigenvalue weighted by atomic mass is 10.1. The highest BCUT2D eigenvalue weighted by atomic mass is 35.5. The van der Waals surface area contributed by atoms with Gasteiger partial charge in [-0.15, -0.1) is 0 Å². The number of halogens is 2. The zero-order chi connectivity index (χ0) is 15.4. The van der Waals surface area contributed by atoms with Gasteiger partial charge in [0, 0.05) is 0 Å². The first kappa shape index (κ1) is 16.8. The zero-order valence-corrected chi connectivity index (χ0v) is 13.3. The number of rotatable bonds is 4. The standard InChI is InChI=1S/C14H17Cl2NO3/c1-8-6-5-7-9(2)11(8)17(13(18)12(15)16)10(3)14(19)20-4/h5-7,10,12H,1-4H3. The second kappa shape index (κ2) is 6.95. The van der Waals surface area contributed by atoms with Crippen LogP contribution in [0.5, 0.6) is 0 Å². The number of esters is 1. The van der Waals surface area contributed by atoms with Gasteiger partial charge in [-0.3, -0.25) is 9.69 Å². The molecule has 0 aromatic heterocycles. The van der Waals surface area contributed by atoms with Crippen LogP contribution in [0.3, 0.4) is 0 Å². The molecule has 0 fully saturated rings. The molecule has 20 heavy (non-hydrogen) atoms. The molecule has 110 valence electrons. The number of anilines is 1. The fourth-order valence-corrected chi connectivity index (χ4v) is 2.27. The molecule has 0 aliphatic carbocycles. The highest BCUT2D eigenvalue weighted by Crippen LogP contribution is 2.28. The summed E-state index contributed by atoms with van der Waals surface area (Å²) in [6.07, 6.45) is 0. The number of carbonyl (C=O) groups excluding carboxylic acids is 2. The van der Waals surface area contributed by atoms with Gasteiger partial charge in [-0.1, -0.05) is 41.4 Å². The second-order valence-electron chi connectivity index (χ2n) is 4.45. The lowest BCUT2D eigenvalue weighted by Crippen LogP contribution is -2.47. The summed E-state index contributed by atoms with van der Waals surface area (Å²) in [5.41, 5.74) is 2.33. The number of methoxy groups -OCH3 is 1. The number of ether oxygens (including phenoxy) is 1. The van der Waals surface area contributed by atoms with Crippen LogP contribution in [0.1, 0.15) is 18.1 Å². The minimum atomic E-state index is -1.25. The van der Waals surface area contributed by atoms with Crippen molar-refractivity contribution in [2.24, 2.45) is 0 Å². The third kappa shape index (κ3) is 3.44. The summed E-state index contributed by atoms with van der Waals surface area (Å²) in [5.74, 6) is -1.08. The van der Waals surface area contributed by atoms with Gasteiger partial charge in [0.15, 0.2) is 4.84 Å². The molecule has 0 saturated heterocycles. The van der Waals surface area contributed by atoms with Crippen molar-refractivity contribution in [3.63, 3.8) is 0 Å². The van der Waals surface area contributed by atoms with Crippen molar-refractivity contribution in [1.29, 1.82) is 0 Å². The third-order valence-corrected chi connectivity index (χ3v) is 3.41. The summed E-state index contributed by atoms with van der Waals surface area (Å²) >= 11 is 11.4. The summed E-state index contributed by atoms with van der Waals surface area (Å²) in [7, 11) is 1.27. The summed E-state index contributed by atoms with van der Waals surface area (Å²) in [6, 6.07) is 4.76. The Morgan fingerprint density at radius 2 is 1.70 bits per heavy atom. The van der Waals surface area contributed by atoms with Gasteiger partial charge in [-0.05, 0) is 31.9 Å². The predicted molar refractivity (Wildman–Crippen MR) is 80.4 cm³/mol. The average Bonchev–Trinajstić information content (AvgIpc) is 2.40. The van der Waals surface area contributed by atoms with Crippen molar-refractivity contribution >= 4 is 40.8 Å². The van der Waals surface area contributed by atoms with Crippen molar-refractivity contribution in [2.45, 2.75) is 31.6 Å². The number of nitrogens with zero attached hydrogens (tertiary/aromatic N) is 1. The molecule has 0 heterocycles. The maximum Gasteiger partial charge on any atom is 0.328 e. The summed E-state index contributed by atoms with van der Waals surface area (Å²) in [4.78, 5) is 24.1. The molecular weight excluding hydrogens is 301 g/mol. The van der Waals surface area contributed by atoms with E-state index in [2.05, 4.69) is 0 Å². The Morgan fingerprint density at radius 3 is 2.10 bits per heavy atom. The molecule has 0 N–H and O–H groups in total. The van der Waals surface area contributed by atoms with Crippen molar-refractivity contribution < 1.29 is 14.3 Å². The van der Waals surface area contributed by atoms with Gasteiger partial charge in [-0.25, -0.2) is 4.79 Å². The largest absolute Gasteiger partial charge is 0.467 e. The number of para-hydroxylation sites is 1. The highest BCUT2D eigenvalue weighted by Gasteiger charge is 2.32. The van der Waals surface area contributed by atoms with Crippen molar-refractivity contribution in [2.75, 3.05) is 12.0 Å². The number of hydrogen-bond acceptors (Lipinski definition) is 3. The summed E-state index contributed by atoms with van der Waals surface area (Å²) in [6.45, 7) is 5.28. The first-order valence-electron chi connectivity index (χ1n) is 6.06. The number of carbonyl (C=O) groups is 2. The molecule has 0 saturated carbocycles. The Balaban J connectivity index is 3.38. The van der Waals surface area contributed by atoms with E-state index < -0.39 is 22.8 Å². The highest BCUT2D eigenvalue weighted by molar-refractivity contribution is 6.54. The Morgan fingerprint density at radius 1 is 1.20 bits per heavy atom. The van der Waals surface area contributed by atoms with Gasteiger partial charge in [0.05, 0.1) is 12.8 Å². The number of aryl methyl sites for hydroxylation is 2. The molecule has 0 spiro atoms. The first-order valence-corrected chi connectivity index (χ1v) is 6.93. The summed E-state index contributed by atoms with van der Waals surface area (Å²) in [5, 5.41) is 0. The van der Waals surface area contributed by atoms with E-state index in [9.17, 15) is 9.59 Å². The predicted octanol–water partition coefficient (Wildman–Crippen LogP) is 3.00. The van der Waals surface area contributed by atoms with E-state index in [0.29, 0.717) is 5.69 Å². The van der Waals surface area contributed by atoms with Crippen molar-refractivity contribution in [3.05, 3.63) is 29.3 Å². The van der Waals surface area contributed by atoms with Gasteiger partial charge in [0.1, 0.15) is 6.04 Å². The molecule has 1 unspecified atom stereocenters. The number of benzene rings is 1. The fourth-order valence-electron chi connectivity index (χ4n) is 2.06.